The second-order valence-corrected chi connectivity index (χ2v) is 9.56. The van der Waals surface area contributed by atoms with Crippen LogP contribution in [0.3, 0.4) is 0 Å². The van der Waals surface area contributed by atoms with E-state index in [9.17, 15) is 26.4 Å². The predicted octanol–water partition coefficient (Wildman–Crippen LogP) is 2.52. The van der Waals surface area contributed by atoms with Crippen molar-refractivity contribution in [3.05, 3.63) is 29.8 Å². The molecule has 0 saturated carbocycles. The second-order valence-electron chi connectivity index (χ2n) is 6.98. The van der Waals surface area contributed by atoms with Crippen LogP contribution >= 0.6 is 0 Å². The SMILES string of the molecule is CC(C)(CCNC(=O)[C@@H]1CCCN1)S(=O)(=O)c1cccc(C(F)(F)F)c1. The molecule has 0 aliphatic carbocycles. The van der Waals surface area contributed by atoms with Crippen molar-refractivity contribution < 1.29 is 26.4 Å². The van der Waals surface area contributed by atoms with Crippen LogP contribution in [0.5, 0.6) is 0 Å². The van der Waals surface area contributed by atoms with Crippen LogP contribution in [0.25, 0.3) is 0 Å². The van der Waals surface area contributed by atoms with Crippen LogP contribution in [0.2, 0.25) is 0 Å². The topological polar surface area (TPSA) is 75.3 Å². The molecule has 0 aromatic heterocycles. The third-order valence-corrected chi connectivity index (χ3v) is 7.14. The van der Waals surface area contributed by atoms with Gasteiger partial charge in [0.05, 0.1) is 21.2 Å². The van der Waals surface area contributed by atoms with Crippen LogP contribution in [0.15, 0.2) is 29.2 Å². The Morgan fingerprint density at radius 3 is 2.58 bits per heavy atom. The highest BCUT2D eigenvalue weighted by atomic mass is 32.2. The zero-order valence-electron chi connectivity index (χ0n) is 14.7. The van der Waals surface area contributed by atoms with Crippen LogP contribution in [-0.4, -0.2) is 38.2 Å². The van der Waals surface area contributed by atoms with Gasteiger partial charge in [-0.3, -0.25) is 4.79 Å². The molecule has 146 valence electrons. The highest BCUT2D eigenvalue weighted by Crippen LogP contribution is 2.34. The van der Waals surface area contributed by atoms with Crippen LogP contribution < -0.4 is 10.6 Å². The van der Waals surface area contributed by atoms with Crippen LogP contribution in [0.1, 0.15) is 38.7 Å². The van der Waals surface area contributed by atoms with E-state index >= 15 is 0 Å². The van der Waals surface area contributed by atoms with Crippen molar-refractivity contribution in [1.29, 1.82) is 0 Å². The average Bonchev–Trinajstić information content (AvgIpc) is 3.08. The van der Waals surface area contributed by atoms with Crippen molar-refractivity contribution in [2.75, 3.05) is 13.1 Å². The number of carbonyl (C=O) groups excluding carboxylic acids is 1. The maximum atomic E-state index is 12.8. The maximum Gasteiger partial charge on any atom is 0.416 e. The molecule has 1 saturated heterocycles. The number of nitrogens with one attached hydrogen (secondary N) is 2. The third kappa shape index (κ3) is 4.56. The first kappa shape index (κ1) is 20.7. The monoisotopic (exact) mass is 392 g/mol. The Balaban J connectivity index is 2.07. The Kier molecular flexibility index (Phi) is 6.02. The summed E-state index contributed by atoms with van der Waals surface area (Å²) in [6.45, 7) is 3.79. The van der Waals surface area contributed by atoms with Gasteiger partial charge >= 0.3 is 6.18 Å². The summed E-state index contributed by atoms with van der Waals surface area (Å²) >= 11 is 0. The van der Waals surface area contributed by atoms with Gasteiger partial charge in [-0.15, -0.1) is 0 Å². The van der Waals surface area contributed by atoms with Gasteiger partial charge in [0.2, 0.25) is 5.91 Å². The lowest BCUT2D eigenvalue weighted by Crippen LogP contribution is -2.43. The molecule has 1 fully saturated rings. The molecule has 9 heteroatoms. The maximum absolute atomic E-state index is 12.8. The van der Waals surface area contributed by atoms with Crippen molar-refractivity contribution in [3.8, 4) is 0 Å². The molecule has 0 unspecified atom stereocenters. The average molecular weight is 392 g/mol. The Hall–Kier alpha value is -1.61. The normalized spacial score (nSPS) is 18.7. The van der Waals surface area contributed by atoms with Gasteiger partial charge in [0.15, 0.2) is 9.84 Å². The Bertz CT molecular complexity index is 755. The van der Waals surface area contributed by atoms with Gasteiger partial charge in [-0.05, 0) is 57.9 Å². The van der Waals surface area contributed by atoms with E-state index in [0.717, 1.165) is 37.6 Å². The summed E-state index contributed by atoms with van der Waals surface area (Å²) in [7, 11) is -4.01. The third-order valence-electron chi connectivity index (χ3n) is 4.60. The number of alkyl halides is 3. The number of hydrogen-bond donors (Lipinski definition) is 2. The lowest BCUT2D eigenvalue weighted by Gasteiger charge is -2.25. The van der Waals surface area contributed by atoms with Gasteiger partial charge in [-0.2, -0.15) is 13.2 Å². The number of carbonyl (C=O) groups is 1. The molecule has 1 atom stereocenters. The first-order valence-corrected chi connectivity index (χ1v) is 9.86. The zero-order valence-corrected chi connectivity index (χ0v) is 15.5. The summed E-state index contributed by atoms with van der Waals surface area (Å²) < 4.78 is 62.8. The molecule has 0 spiro atoms. The molecule has 0 radical (unpaired) electrons. The van der Waals surface area contributed by atoms with Crippen molar-refractivity contribution >= 4 is 15.7 Å². The molecule has 1 aromatic carbocycles. The van der Waals surface area contributed by atoms with Crippen molar-refractivity contribution in [3.63, 3.8) is 0 Å². The smallest absolute Gasteiger partial charge is 0.355 e. The quantitative estimate of drug-likeness (QED) is 0.780. The number of sulfone groups is 1. The van der Waals surface area contributed by atoms with E-state index in [1.165, 1.54) is 13.8 Å². The Morgan fingerprint density at radius 1 is 1.31 bits per heavy atom. The minimum Gasteiger partial charge on any atom is -0.355 e. The molecule has 1 aliphatic rings. The fourth-order valence-electron chi connectivity index (χ4n) is 2.81. The molecule has 2 N–H and O–H groups in total. The van der Waals surface area contributed by atoms with E-state index in [-0.39, 0.29) is 29.8 Å². The van der Waals surface area contributed by atoms with Crippen LogP contribution in [0, 0.1) is 0 Å². The van der Waals surface area contributed by atoms with Gasteiger partial charge in [-0.1, -0.05) is 6.07 Å². The van der Waals surface area contributed by atoms with E-state index in [0.29, 0.717) is 6.07 Å². The molecular formula is C17H23F3N2O3S. The highest BCUT2D eigenvalue weighted by Gasteiger charge is 2.38. The summed E-state index contributed by atoms with van der Waals surface area (Å²) in [5.74, 6) is -0.185. The number of benzene rings is 1. The first-order valence-electron chi connectivity index (χ1n) is 8.38. The predicted molar refractivity (Wildman–Crippen MR) is 91.4 cm³/mol. The van der Waals surface area contributed by atoms with Gasteiger partial charge < -0.3 is 10.6 Å². The van der Waals surface area contributed by atoms with E-state index < -0.39 is 26.3 Å². The molecule has 2 rings (SSSR count). The standard InChI is InChI=1S/C17H23F3N2O3S/c1-16(2,8-10-22-15(23)14-7-4-9-21-14)26(24,25)13-6-3-5-12(11-13)17(18,19)20/h3,5-6,11,14,21H,4,7-10H2,1-2H3,(H,22,23)/t14-/m0/s1. The van der Waals surface area contributed by atoms with E-state index in [1.807, 2.05) is 0 Å². The molecule has 0 bridgehead atoms. The Labute approximate surface area is 151 Å². The number of amides is 1. The van der Waals surface area contributed by atoms with E-state index in [2.05, 4.69) is 10.6 Å². The highest BCUT2D eigenvalue weighted by molar-refractivity contribution is 7.92. The largest absolute Gasteiger partial charge is 0.416 e. The molecular weight excluding hydrogens is 369 g/mol. The van der Waals surface area contributed by atoms with Crippen LogP contribution in [-0.2, 0) is 20.8 Å². The number of halogens is 3. The van der Waals surface area contributed by atoms with Gasteiger partial charge in [0.25, 0.3) is 0 Å². The van der Waals surface area contributed by atoms with Crippen molar-refractivity contribution in [2.24, 2.45) is 0 Å². The molecule has 26 heavy (non-hydrogen) atoms. The lowest BCUT2D eigenvalue weighted by molar-refractivity contribution is -0.137. The Morgan fingerprint density at radius 2 is 2.00 bits per heavy atom. The summed E-state index contributed by atoms with van der Waals surface area (Å²) in [6.07, 6.45) is -2.88. The molecule has 1 aromatic rings. The van der Waals surface area contributed by atoms with Crippen LogP contribution in [0.4, 0.5) is 13.2 Å². The summed E-state index contributed by atoms with van der Waals surface area (Å²) in [5, 5.41) is 5.74. The minimum absolute atomic E-state index is 0.0873. The van der Waals surface area contributed by atoms with Gasteiger partial charge in [0, 0.05) is 6.54 Å². The second kappa shape index (κ2) is 7.56. The van der Waals surface area contributed by atoms with E-state index in [4.69, 9.17) is 0 Å². The number of rotatable bonds is 6. The van der Waals surface area contributed by atoms with Crippen molar-refractivity contribution in [2.45, 2.75) is 55.0 Å². The first-order chi connectivity index (χ1) is 11.9. The lowest BCUT2D eigenvalue weighted by atomic mass is 10.1. The minimum atomic E-state index is -4.61. The summed E-state index contributed by atoms with van der Waals surface area (Å²) in [6, 6.07) is 3.46. The summed E-state index contributed by atoms with van der Waals surface area (Å²) in [4.78, 5) is 11.6. The fourth-order valence-corrected chi connectivity index (χ4v) is 4.36. The fraction of sp³-hybridized carbons (Fsp3) is 0.588. The molecule has 1 aliphatic heterocycles. The molecule has 1 amide bonds. The molecule has 5 nitrogen and oxygen atoms in total. The van der Waals surface area contributed by atoms with E-state index in [1.54, 1.807) is 0 Å². The van der Waals surface area contributed by atoms with Gasteiger partial charge in [0.1, 0.15) is 0 Å². The molecule has 1 heterocycles. The number of hydrogen-bond acceptors (Lipinski definition) is 4. The van der Waals surface area contributed by atoms with Gasteiger partial charge in [-0.25, -0.2) is 8.42 Å². The summed E-state index contributed by atoms with van der Waals surface area (Å²) in [5.41, 5.74) is -1.00. The zero-order chi connectivity index (χ0) is 19.6. The van der Waals surface area contributed by atoms with Crippen molar-refractivity contribution in [1.82, 2.24) is 10.6 Å².